The van der Waals surface area contributed by atoms with Crippen molar-refractivity contribution in [1.82, 2.24) is 20.3 Å². The molecule has 6 nitrogen and oxygen atoms in total. The molecule has 1 heterocycles. The number of aromatic nitrogens is 3. The number of hydrogen-bond donors (Lipinski definition) is 1. The van der Waals surface area contributed by atoms with Gasteiger partial charge in [-0.3, -0.25) is 0 Å². The van der Waals surface area contributed by atoms with Crippen molar-refractivity contribution in [2.45, 2.75) is 25.9 Å². The molecule has 0 aliphatic heterocycles. The predicted octanol–water partition coefficient (Wildman–Crippen LogP) is 0.612. The summed E-state index contributed by atoms with van der Waals surface area (Å²) in [7, 11) is 3.58. The van der Waals surface area contributed by atoms with Gasteiger partial charge < -0.3 is 14.8 Å². The number of nitrogens with zero attached hydrogens (tertiary/aromatic N) is 3. The molecule has 0 aromatic carbocycles. The molecule has 0 radical (unpaired) electrons. The fraction of sp³-hybridized carbons (Fsp3) is 0.818. The van der Waals surface area contributed by atoms with E-state index in [0.29, 0.717) is 19.8 Å². The molecule has 0 saturated carbocycles. The zero-order valence-electron chi connectivity index (χ0n) is 10.8. The van der Waals surface area contributed by atoms with E-state index < -0.39 is 0 Å². The Morgan fingerprint density at radius 3 is 2.94 bits per heavy atom. The van der Waals surface area contributed by atoms with Gasteiger partial charge in [-0.15, -0.1) is 5.10 Å². The smallest absolute Gasteiger partial charge is 0.0780 e. The second-order valence-corrected chi connectivity index (χ2v) is 3.79. The summed E-state index contributed by atoms with van der Waals surface area (Å²) in [5.41, 5.74) is 1.06. The van der Waals surface area contributed by atoms with E-state index in [4.69, 9.17) is 9.47 Å². The lowest BCUT2D eigenvalue weighted by atomic mass is 10.2. The first kappa shape index (κ1) is 14.1. The van der Waals surface area contributed by atoms with Crippen LogP contribution in [0, 0.1) is 0 Å². The Bertz CT molecular complexity index is 303. The summed E-state index contributed by atoms with van der Waals surface area (Å²) in [5.74, 6) is 0. The Balaban J connectivity index is 2.50. The van der Waals surface area contributed by atoms with Gasteiger partial charge in [-0.1, -0.05) is 12.1 Å². The summed E-state index contributed by atoms with van der Waals surface area (Å²) in [4.78, 5) is 0. The van der Waals surface area contributed by atoms with Crippen LogP contribution in [0.4, 0.5) is 0 Å². The molecule has 1 atom stereocenters. The van der Waals surface area contributed by atoms with Crippen LogP contribution in [-0.2, 0) is 16.0 Å². The van der Waals surface area contributed by atoms with Gasteiger partial charge in [-0.05, 0) is 13.5 Å². The lowest BCUT2D eigenvalue weighted by Gasteiger charge is -2.17. The highest BCUT2D eigenvalue weighted by molar-refractivity contribution is 5.02. The van der Waals surface area contributed by atoms with E-state index in [1.54, 1.807) is 13.3 Å². The van der Waals surface area contributed by atoms with Crippen molar-refractivity contribution in [2.75, 3.05) is 34.0 Å². The molecule has 1 unspecified atom stereocenters. The van der Waals surface area contributed by atoms with Gasteiger partial charge in [-0.2, -0.15) is 0 Å². The quantitative estimate of drug-likeness (QED) is 0.643. The number of hydrogen-bond acceptors (Lipinski definition) is 5. The molecule has 0 spiro atoms. The highest BCUT2D eigenvalue weighted by Crippen LogP contribution is 2.11. The van der Waals surface area contributed by atoms with Gasteiger partial charge in [-0.25, -0.2) is 4.68 Å². The molecule has 6 heteroatoms. The fourth-order valence-corrected chi connectivity index (χ4v) is 1.58. The molecule has 98 valence electrons. The molecular weight excluding hydrogens is 220 g/mol. The van der Waals surface area contributed by atoms with Crippen molar-refractivity contribution in [1.29, 1.82) is 0 Å². The maximum atomic E-state index is 5.53. The minimum absolute atomic E-state index is 0.119. The monoisotopic (exact) mass is 242 g/mol. The van der Waals surface area contributed by atoms with E-state index >= 15 is 0 Å². The summed E-state index contributed by atoms with van der Waals surface area (Å²) in [6, 6.07) is 0.119. The van der Waals surface area contributed by atoms with Crippen LogP contribution in [0.3, 0.4) is 0 Å². The van der Waals surface area contributed by atoms with Crippen LogP contribution < -0.4 is 5.32 Å². The van der Waals surface area contributed by atoms with E-state index in [9.17, 15) is 0 Å². The van der Waals surface area contributed by atoms with Gasteiger partial charge >= 0.3 is 0 Å². The number of nitrogens with one attached hydrogen (secondary N) is 1. The van der Waals surface area contributed by atoms with Crippen molar-refractivity contribution in [2.24, 2.45) is 0 Å². The standard InChI is InChI=1S/C11H22N4O2/c1-4-5-15-11(8-13-14-15)10(12-2)9-17-7-6-16-3/h8,10,12H,4-7,9H2,1-3H3. The van der Waals surface area contributed by atoms with Crippen LogP contribution in [-0.4, -0.2) is 49.0 Å². The van der Waals surface area contributed by atoms with Crippen molar-refractivity contribution in [3.8, 4) is 0 Å². The molecule has 0 bridgehead atoms. The van der Waals surface area contributed by atoms with Gasteiger partial charge in [0.1, 0.15) is 0 Å². The summed E-state index contributed by atoms with van der Waals surface area (Å²) >= 11 is 0. The normalized spacial score (nSPS) is 12.9. The van der Waals surface area contributed by atoms with Gasteiger partial charge in [0.05, 0.1) is 37.8 Å². The first-order valence-electron chi connectivity index (χ1n) is 5.95. The van der Waals surface area contributed by atoms with Crippen LogP contribution in [0.15, 0.2) is 6.20 Å². The lowest BCUT2D eigenvalue weighted by Crippen LogP contribution is -2.25. The van der Waals surface area contributed by atoms with E-state index in [1.807, 2.05) is 11.7 Å². The third-order valence-corrected chi connectivity index (χ3v) is 2.50. The molecule has 1 aromatic heterocycles. The topological polar surface area (TPSA) is 61.2 Å². The Kier molecular flexibility index (Phi) is 6.76. The molecular formula is C11H22N4O2. The second kappa shape index (κ2) is 8.16. The highest BCUT2D eigenvalue weighted by Gasteiger charge is 2.15. The molecule has 0 aliphatic rings. The van der Waals surface area contributed by atoms with E-state index in [2.05, 4.69) is 22.6 Å². The summed E-state index contributed by atoms with van der Waals surface area (Å²) in [5, 5.41) is 11.2. The van der Waals surface area contributed by atoms with Crippen molar-refractivity contribution < 1.29 is 9.47 Å². The SMILES string of the molecule is CCCn1nncc1C(COCCOC)NC. The average molecular weight is 242 g/mol. The largest absolute Gasteiger partial charge is 0.382 e. The van der Waals surface area contributed by atoms with Crippen LogP contribution in [0.5, 0.6) is 0 Å². The molecule has 0 fully saturated rings. The lowest BCUT2D eigenvalue weighted by molar-refractivity contribution is 0.0584. The third kappa shape index (κ3) is 4.41. The summed E-state index contributed by atoms with van der Waals surface area (Å²) in [6.45, 7) is 4.81. The minimum atomic E-state index is 0.119. The Morgan fingerprint density at radius 1 is 1.47 bits per heavy atom. The zero-order chi connectivity index (χ0) is 12.5. The van der Waals surface area contributed by atoms with Gasteiger partial charge in [0.2, 0.25) is 0 Å². The molecule has 0 aliphatic carbocycles. The maximum absolute atomic E-state index is 5.53. The van der Waals surface area contributed by atoms with Crippen molar-refractivity contribution >= 4 is 0 Å². The minimum Gasteiger partial charge on any atom is -0.382 e. The zero-order valence-corrected chi connectivity index (χ0v) is 10.8. The number of ether oxygens (including phenoxy) is 2. The average Bonchev–Trinajstić information content (AvgIpc) is 2.78. The fourth-order valence-electron chi connectivity index (χ4n) is 1.58. The predicted molar refractivity (Wildman–Crippen MR) is 64.8 cm³/mol. The molecule has 1 N–H and O–H groups in total. The molecule has 0 saturated heterocycles. The first-order chi connectivity index (χ1) is 8.33. The first-order valence-corrected chi connectivity index (χ1v) is 5.95. The van der Waals surface area contributed by atoms with Crippen molar-refractivity contribution in [3.63, 3.8) is 0 Å². The van der Waals surface area contributed by atoms with Crippen molar-refractivity contribution in [3.05, 3.63) is 11.9 Å². The molecule has 17 heavy (non-hydrogen) atoms. The van der Waals surface area contributed by atoms with E-state index in [0.717, 1.165) is 18.7 Å². The maximum Gasteiger partial charge on any atom is 0.0780 e. The highest BCUT2D eigenvalue weighted by atomic mass is 16.5. The number of likely N-dealkylation sites (N-methyl/N-ethyl adjacent to an activating group) is 1. The van der Waals surface area contributed by atoms with Crippen LogP contribution in [0.25, 0.3) is 0 Å². The molecule has 1 aromatic rings. The Hall–Kier alpha value is -0.980. The Labute approximate surface area is 102 Å². The summed E-state index contributed by atoms with van der Waals surface area (Å²) < 4.78 is 12.4. The van der Waals surface area contributed by atoms with Gasteiger partial charge in [0.15, 0.2) is 0 Å². The van der Waals surface area contributed by atoms with E-state index in [-0.39, 0.29) is 6.04 Å². The second-order valence-electron chi connectivity index (χ2n) is 3.79. The molecule has 0 amide bonds. The molecule has 1 rings (SSSR count). The van der Waals surface area contributed by atoms with E-state index in [1.165, 1.54) is 0 Å². The van der Waals surface area contributed by atoms with Gasteiger partial charge in [0, 0.05) is 13.7 Å². The number of rotatable bonds is 9. The third-order valence-electron chi connectivity index (χ3n) is 2.50. The van der Waals surface area contributed by atoms with Crippen LogP contribution in [0.2, 0.25) is 0 Å². The van der Waals surface area contributed by atoms with Crippen LogP contribution >= 0.6 is 0 Å². The van der Waals surface area contributed by atoms with Gasteiger partial charge in [0.25, 0.3) is 0 Å². The Morgan fingerprint density at radius 2 is 2.29 bits per heavy atom. The number of methoxy groups -OCH3 is 1. The summed E-state index contributed by atoms with van der Waals surface area (Å²) in [6.07, 6.45) is 2.83. The number of aryl methyl sites for hydroxylation is 1. The van der Waals surface area contributed by atoms with Crippen LogP contribution in [0.1, 0.15) is 25.1 Å².